The average Bonchev–Trinajstić information content (AvgIpc) is 2.40. The van der Waals surface area contributed by atoms with Gasteiger partial charge in [0, 0.05) is 43.5 Å². The molecule has 1 N–H and O–H groups in total. The van der Waals surface area contributed by atoms with Crippen LogP contribution in [0.5, 0.6) is 5.75 Å². The first kappa shape index (κ1) is 10.8. The second-order valence-electron chi connectivity index (χ2n) is 4.59. The van der Waals surface area contributed by atoms with E-state index in [1.165, 1.54) is 0 Å². The zero-order valence-electron chi connectivity index (χ0n) is 9.84. The molecule has 0 spiro atoms. The second-order valence-corrected chi connectivity index (χ2v) is 4.59. The highest BCUT2D eigenvalue weighted by atomic mass is 19.1. The van der Waals surface area contributed by atoms with Crippen LogP contribution in [-0.4, -0.2) is 32.8 Å². The van der Waals surface area contributed by atoms with Crippen LogP contribution in [0.15, 0.2) is 12.1 Å². The molecule has 0 unspecified atom stereocenters. The average molecular weight is 236 g/mol. The van der Waals surface area contributed by atoms with Gasteiger partial charge in [-0.1, -0.05) is 0 Å². The summed E-state index contributed by atoms with van der Waals surface area (Å²) >= 11 is 0. The van der Waals surface area contributed by atoms with Gasteiger partial charge >= 0.3 is 0 Å². The number of nitrogens with zero attached hydrogens (tertiary/aromatic N) is 1. The summed E-state index contributed by atoms with van der Waals surface area (Å²) in [4.78, 5) is 2.21. The Morgan fingerprint density at radius 2 is 2.06 bits per heavy atom. The van der Waals surface area contributed by atoms with Crippen molar-refractivity contribution in [1.82, 2.24) is 5.32 Å². The van der Waals surface area contributed by atoms with E-state index in [0.717, 1.165) is 56.0 Å². The minimum absolute atomic E-state index is 0.115. The van der Waals surface area contributed by atoms with Gasteiger partial charge in [0.25, 0.3) is 0 Å². The van der Waals surface area contributed by atoms with Gasteiger partial charge < -0.3 is 15.0 Å². The molecule has 0 aliphatic carbocycles. The van der Waals surface area contributed by atoms with Crippen LogP contribution in [0.25, 0.3) is 0 Å². The minimum Gasteiger partial charge on any atom is -0.493 e. The number of hydrogen-bond acceptors (Lipinski definition) is 3. The standard InChI is InChI=1S/C13H17FN2O/c14-12-8-10(16-5-3-15-4-6-16)9-13-11(12)2-1-7-17-13/h8-9,15H,1-7H2. The topological polar surface area (TPSA) is 24.5 Å². The van der Waals surface area contributed by atoms with E-state index >= 15 is 0 Å². The van der Waals surface area contributed by atoms with Crippen molar-refractivity contribution in [3.8, 4) is 5.75 Å². The molecule has 1 saturated heterocycles. The highest BCUT2D eigenvalue weighted by Gasteiger charge is 2.19. The van der Waals surface area contributed by atoms with Crippen molar-refractivity contribution in [1.29, 1.82) is 0 Å². The van der Waals surface area contributed by atoms with E-state index in [2.05, 4.69) is 10.2 Å². The normalized spacial score (nSPS) is 19.7. The van der Waals surface area contributed by atoms with Crippen LogP contribution >= 0.6 is 0 Å². The molecule has 0 amide bonds. The van der Waals surface area contributed by atoms with Crippen LogP contribution in [0.2, 0.25) is 0 Å². The number of halogens is 1. The molecule has 2 aliphatic rings. The summed E-state index contributed by atoms with van der Waals surface area (Å²) in [5.74, 6) is 0.625. The van der Waals surface area contributed by atoms with Gasteiger partial charge in [0.15, 0.2) is 0 Å². The molecule has 2 aliphatic heterocycles. The van der Waals surface area contributed by atoms with Crippen LogP contribution in [-0.2, 0) is 6.42 Å². The van der Waals surface area contributed by atoms with E-state index < -0.39 is 0 Å². The van der Waals surface area contributed by atoms with E-state index in [1.807, 2.05) is 6.07 Å². The smallest absolute Gasteiger partial charge is 0.132 e. The number of benzene rings is 1. The Hall–Kier alpha value is -1.29. The molecular weight excluding hydrogens is 219 g/mol. The third kappa shape index (κ3) is 2.09. The Morgan fingerprint density at radius 3 is 2.88 bits per heavy atom. The summed E-state index contributed by atoms with van der Waals surface area (Å²) in [5.41, 5.74) is 1.69. The van der Waals surface area contributed by atoms with Crippen LogP contribution in [0.4, 0.5) is 10.1 Å². The van der Waals surface area contributed by atoms with Gasteiger partial charge in [-0.15, -0.1) is 0 Å². The summed E-state index contributed by atoms with van der Waals surface area (Å²) in [6.45, 7) is 4.48. The molecule has 3 nitrogen and oxygen atoms in total. The molecule has 0 saturated carbocycles. The van der Waals surface area contributed by atoms with Gasteiger partial charge in [0.05, 0.1) is 6.61 Å². The fourth-order valence-corrected chi connectivity index (χ4v) is 2.51. The summed E-state index contributed by atoms with van der Waals surface area (Å²) in [6.07, 6.45) is 1.71. The first-order chi connectivity index (χ1) is 8.34. The predicted octanol–water partition coefficient (Wildman–Crippen LogP) is 1.56. The third-order valence-electron chi connectivity index (χ3n) is 3.45. The van der Waals surface area contributed by atoms with Crippen LogP contribution < -0.4 is 15.0 Å². The molecule has 0 aromatic heterocycles. The van der Waals surface area contributed by atoms with Gasteiger partial charge in [-0.3, -0.25) is 0 Å². The van der Waals surface area contributed by atoms with Gasteiger partial charge in [-0.05, 0) is 18.9 Å². The molecular formula is C13H17FN2O. The summed E-state index contributed by atoms with van der Waals surface area (Å²) in [7, 11) is 0. The summed E-state index contributed by atoms with van der Waals surface area (Å²) in [6, 6.07) is 3.64. The molecule has 1 fully saturated rings. The maximum absolute atomic E-state index is 14.0. The van der Waals surface area contributed by atoms with Crippen molar-refractivity contribution in [3.63, 3.8) is 0 Å². The molecule has 3 rings (SSSR count). The summed E-state index contributed by atoms with van der Waals surface area (Å²) in [5, 5.41) is 3.29. The Morgan fingerprint density at radius 1 is 1.24 bits per heavy atom. The lowest BCUT2D eigenvalue weighted by molar-refractivity contribution is 0.284. The lowest BCUT2D eigenvalue weighted by Gasteiger charge is -2.30. The van der Waals surface area contributed by atoms with Gasteiger partial charge in [0.2, 0.25) is 0 Å². The number of ether oxygens (including phenoxy) is 1. The van der Waals surface area contributed by atoms with Crippen molar-refractivity contribution in [3.05, 3.63) is 23.5 Å². The minimum atomic E-state index is -0.115. The molecule has 2 heterocycles. The van der Waals surface area contributed by atoms with Crippen LogP contribution in [0.3, 0.4) is 0 Å². The van der Waals surface area contributed by atoms with E-state index in [9.17, 15) is 4.39 Å². The fraction of sp³-hybridized carbons (Fsp3) is 0.538. The highest BCUT2D eigenvalue weighted by molar-refractivity contribution is 5.55. The van der Waals surface area contributed by atoms with Crippen molar-refractivity contribution >= 4 is 5.69 Å². The van der Waals surface area contributed by atoms with Crippen molar-refractivity contribution in [2.45, 2.75) is 12.8 Å². The molecule has 17 heavy (non-hydrogen) atoms. The predicted molar refractivity (Wildman–Crippen MR) is 65.3 cm³/mol. The molecule has 0 radical (unpaired) electrons. The van der Waals surface area contributed by atoms with Gasteiger partial charge in [-0.25, -0.2) is 4.39 Å². The zero-order valence-corrected chi connectivity index (χ0v) is 9.84. The van der Waals surface area contributed by atoms with E-state index in [1.54, 1.807) is 6.07 Å². The second kappa shape index (κ2) is 4.53. The Bertz CT molecular complexity index is 416. The van der Waals surface area contributed by atoms with E-state index in [0.29, 0.717) is 6.61 Å². The van der Waals surface area contributed by atoms with E-state index in [-0.39, 0.29) is 5.82 Å². The van der Waals surface area contributed by atoms with Crippen molar-refractivity contribution < 1.29 is 9.13 Å². The quantitative estimate of drug-likeness (QED) is 0.801. The lowest BCUT2D eigenvalue weighted by Crippen LogP contribution is -2.43. The monoisotopic (exact) mass is 236 g/mol. The number of fused-ring (bicyclic) bond motifs is 1. The third-order valence-corrected chi connectivity index (χ3v) is 3.45. The van der Waals surface area contributed by atoms with Gasteiger partial charge in [-0.2, -0.15) is 0 Å². The van der Waals surface area contributed by atoms with Gasteiger partial charge in [0.1, 0.15) is 11.6 Å². The van der Waals surface area contributed by atoms with Crippen LogP contribution in [0, 0.1) is 5.82 Å². The number of rotatable bonds is 1. The largest absolute Gasteiger partial charge is 0.493 e. The molecule has 92 valence electrons. The maximum atomic E-state index is 14.0. The first-order valence-electron chi connectivity index (χ1n) is 6.25. The molecule has 0 atom stereocenters. The van der Waals surface area contributed by atoms with Crippen molar-refractivity contribution in [2.75, 3.05) is 37.7 Å². The SMILES string of the molecule is Fc1cc(N2CCNCC2)cc2c1CCCO2. The molecule has 0 bridgehead atoms. The molecule has 1 aromatic carbocycles. The maximum Gasteiger partial charge on any atom is 0.132 e. The number of hydrogen-bond donors (Lipinski definition) is 1. The van der Waals surface area contributed by atoms with Crippen molar-refractivity contribution in [2.24, 2.45) is 0 Å². The molecule has 4 heteroatoms. The Kier molecular flexibility index (Phi) is 2.89. The fourth-order valence-electron chi connectivity index (χ4n) is 2.51. The summed E-state index contributed by atoms with van der Waals surface area (Å²) < 4.78 is 19.5. The lowest BCUT2D eigenvalue weighted by atomic mass is 10.0. The highest BCUT2D eigenvalue weighted by Crippen LogP contribution is 2.32. The Labute approximate surface area is 101 Å². The first-order valence-corrected chi connectivity index (χ1v) is 6.25. The number of anilines is 1. The zero-order chi connectivity index (χ0) is 11.7. The Balaban J connectivity index is 1.92. The molecule has 1 aromatic rings. The number of piperazine rings is 1. The van der Waals surface area contributed by atoms with E-state index in [4.69, 9.17) is 4.74 Å². The number of nitrogens with one attached hydrogen (secondary N) is 1. The van der Waals surface area contributed by atoms with Crippen LogP contribution in [0.1, 0.15) is 12.0 Å².